The van der Waals surface area contributed by atoms with Gasteiger partial charge in [0, 0.05) is 25.2 Å². The predicted octanol–water partition coefficient (Wildman–Crippen LogP) is 3.19. The maximum Gasteiger partial charge on any atom is 0.126 e. The molecule has 1 aliphatic heterocycles. The zero-order valence-corrected chi connectivity index (χ0v) is 15.3. The fraction of sp³-hybridized carbons (Fsp3) is 0.600. The molecule has 1 fully saturated rings. The first-order chi connectivity index (χ1) is 11.7. The summed E-state index contributed by atoms with van der Waals surface area (Å²) in [5.41, 5.74) is 1.12. The molecule has 0 radical (unpaired) electrons. The summed E-state index contributed by atoms with van der Waals surface area (Å²) in [6, 6.07) is 8.08. The minimum atomic E-state index is 0.368. The van der Waals surface area contributed by atoms with Crippen LogP contribution in [-0.2, 0) is 4.74 Å². The molecule has 2 unspecified atom stereocenters. The number of ether oxygens (including phenoxy) is 2. The van der Waals surface area contributed by atoms with Crippen LogP contribution in [-0.4, -0.2) is 56.9 Å². The van der Waals surface area contributed by atoms with Gasteiger partial charge in [0.15, 0.2) is 0 Å². The third-order valence-electron chi connectivity index (χ3n) is 4.27. The molecule has 0 saturated carbocycles. The standard InChI is InChI=1S/C20H32N2O2/c1-17-15-22(16-18(2)24-17)14-7-6-12-21-13-8-10-19-9-4-5-11-20(19)23-3/h4-5,8-11,17-18,21H,6-7,12-16H2,1-3H3/b10-8+. The van der Waals surface area contributed by atoms with Gasteiger partial charge in [0.1, 0.15) is 5.75 Å². The molecule has 24 heavy (non-hydrogen) atoms. The second kappa shape index (κ2) is 10.5. The number of benzene rings is 1. The second-order valence-electron chi connectivity index (χ2n) is 6.57. The largest absolute Gasteiger partial charge is 0.496 e. The van der Waals surface area contributed by atoms with Crippen molar-refractivity contribution in [3.05, 3.63) is 35.9 Å². The molecule has 4 nitrogen and oxygen atoms in total. The third kappa shape index (κ3) is 6.63. The average molecular weight is 332 g/mol. The maximum atomic E-state index is 5.77. The molecule has 1 saturated heterocycles. The van der Waals surface area contributed by atoms with Gasteiger partial charge in [-0.3, -0.25) is 4.90 Å². The molecular weight excluding hydrogens is 300 g/mol. The molecule has 4 heteroatoms. The molecule has 2 rings (SSSR count). The first-order valence-electron chi connectivity index (χ1n) is 9.07. The van der Waals surface area contributed by atoms with Gasteiger partial charge in [-0.15, -0.1) is 0 Å². The Morgan fingerprint density at radius 2 is 1.96 bits per heavy atom. The minimum Gasteiger partial charge on any atom is -0.496 e. The Kier molecular flexibility index (Phi) is 8.29. The lowest BCUT2D eigenvalue weighted by atomic mass is 10.2. The fourth-order valence-corrected chi connectivity index (χ4v) is 3.23. The normalized spacial score (nSPS) is 22.1. The Labute approximate surface area is 146 Å². The van der Waals surface area contributed by atoms with Crippen molar-refractivity contribution in [3.8, 4) is 5.75 Å². The molecule has 0 aliphatic carbocycles. The molecule has 134 valence electrons. The van der Waals surface area contributed by atoms with Gasteiger partial charge < -0.3 is 14.8 Å². The number of unbranched alkanes of at least 4 members (excludes halogenated alkanes) is 1. The average Bonchev–Trinajstić information content (AvgIpc) is 2.56. The van der Waals surface area contributed by atoms with Crippen molar-refractivity contribution in [2.75, 3.05) is 39.8 Å². The van der Waals surface area contributed by atoms with E-state index in [-0.39, 0.29) is 0 Å². The topological polar surface area (TPSA) is 33.7 Å². The van der Waals surface area contributed by atoms with Gasteiger partial charge in [-0.25, -0.2) is 0 Å². The molecule has 0 spiro atoms. The van der Waals surface area contributed by atoms with Gasteiger partial charge in [-0.2, -0.15) is 0 Å². The minimum absolute atomic E-state index is 0.368. The van der Waals surface area contributed by atoms with Crippen LogP contribution in [0.5, 0.6) is 5.75 Å². The molecule has 1 aromatic carbocycles. The molecule has 2 atom stereocenters. The highest BCUT2D eigenvalue weighted by molar-refractivity contribution is 5.57. The lowest BCUT2D eigenvalue weighted by Crippen LogP contribution is -2.45. The van der Waals surface area contributed by atoms with Crippen LogP contribution >= 0.6 is 0 Å². The molecule has 0 aromatic heterocycles. The van der Waals surface area contributed by atoms with E-state index in [2.05, 4.69) is 42.3 Å². The van der Waals surface area contributed by atoms with Gasteiger partial charge in [-0.05, 0) is 45.8 Å². The Morgan fingerprint density at radius 1 is 1.21 bits per heavy atom. The van der Waals surface area contributed by atoms with Crippen molar-refractivity contribution in [1.29, 1.82) is 0 Å². The van der Waals surface area contributed by atoms with E-state index in [0.29, 0.717) is 12.2 Å². The van der Waals surface area contributed by atoms with Gasteiger partial charge in [0.2, 0.25) is 0 Å². The van der Waals surface area contributed by atoms with Crippen LogP contribution in [0.2, 0.25) is 0 Å². The number of para-hydroxylation sites is 1. The zero-order valence-electron chi connectivity index (χ0n) is 15.3. The predicted molar refractivity (Wildman–Crippen MR) is 101 cm³/mol. The van der Waals surface area contributed by atoms with Crippen LogP contribution in [0.25, 0.3) is 6.08 Å². The quantitative estimate of drug-likeness (QED) is 0.704. The summed E-state index contributed by atoms with van der Waals surface area (Å²) >= 11 is 0. The summed E-state index contributed by atoms with van der Waals surface area (Å²) in [6.07, 6.45) is 7.45. The van der Waals surface area contributed by atoms with E-state index in [9.17, 15) is 0 Å². The van der Waals surface area contributed by atoms with Crippen molar-refractivity contribution in [2.45, 2.75) is 38.9 Å². The Hall–Kier alpha value is -1.36. The molecule has 1 N–H and O–H groups in total. The number of nitrogens with one attached hydrogen (secondary N) is 1. The van der Waals surface area contributed by atoms with Gasteiger partial charge in [-0.1, -0.05) is 30.4 Å². The molecular formula is C20H32N2O2. The lowest BCUT2D eigenvalue weighted by molar-refractivity contribution is -0.0681. The van der Waals surface area contributed by atoms with E-state index >= 15 is 0 Å². The van der Waals surface area contributed by atoms with Gasteiger partial charge in [0.05, 0.1) is 19.3 Å². The number of hydrogen-bond acceptors (Lipinski definition) is 4. The Morgan fingerprint density at radius 3 is 2.71 bits per heavy atom. The summed E-state index contributed by atoms with van der Waals surface area (Å²) in [4.78, 5) is 2.53. The lowest BCUT2D eigenvalue weighted by Gasteiger charge is -2.35. The molecule has 1 aliphatic rings. The highest BCUT2D eigenvalue weighted by Crippen LogP contribution is 2.18. The highest BCUT2D eigenvalue weighted by atomic mass is 16.5. The first kappa shape index (κ1) is 19.0. The van der Waals surface area contributed by atoms with E-state index < -0.39 is 0 Å². The summed E-state index contributed by atoms with van der Waals surface area (Å²) < 4.78 is 11.1. The molecule has 0 bridgehead atoms. The summed E-state index contributed by atoms with van der Waals surface area (Å²) in [7, 11) is 1.71. The molecule has 0 amide bonds. The van der Waals surface area contributed by atoms with Crippen LogP contribution in [0.15, 0.2) is 30.3 Å². The van der Waals surface area contributed by atoms with Crippen molar-refractivity contribution < 1.29 is 9.47 Å². The zero-order chi connectivity index (χ0) is 17.2. The van der Waals surface area contributed by atoms with Crippen LogP contribution in [0.4, 0.5) is 0 Å². The number of rotatable bonds is 9. The summed E-state index contributed by atoms with van der Waals surface area (Å²) in [6.45, 7) is 9.60. The third-order valence-corrected chi connectivity index (χ3v) is 4.27. The molecule has 1 aromatic rings. The number of nitrogens with zero attached hydrogens (tertiary/aromatic N) is 1. The monoisotopic (exact) mass is 332 g/mol. The van der Waals surface area contributed by atoms with E-state index in [1.807, 2.05) is 18.2 Å². The van der Waals surface area contributed by atoms with E-state index in [1.165, 1.54) is 19.4 Å². The van der Waals surface area contributed by atoms with Crippen LogP contribution in [0.3, 0.4) is 0 Å². The Balaban J connectivity index is 1.54. The van der Waals surface area contributed by atoms with E-state index in [0.717, 1.165) is 37.5 Å². The van der Waals surface area contributed by atoms with Gasteiger partial charge >= 0.3 is 0 Å². The van der Waals surface area contributed by atoms with Crippen LogP contribution in [0, 0.1) is 0 Å². The van der Waals surface area contributed by atoms with E-state index in [1.54, 1.807) is 7.11 Å². The van der Waals surface area contributed by atoms with Crippen LogP contribution < -0.4 is 10.1 Å². The smallest absolute Gasteiger partial charge is 0.126 e. The van der Waals surface area contributed by atoms with Crippen molar-refractivity contribution in [2.24, 2.45) is 0 Å². The van der Waals surface area contributed by atoms with Crippen molar-refractivity contribution in [1.82, 2.24) is 10.2 Å². The highest BCUT2D eigenvalue weighted by Gasteiger charge is 2.21. The number of morpholine rings is 1. The summed E-state index contributed by atoms with van der Waals surface area (Å²) in [5, 5.41) is 3.48. The number of hydrogen-bond donors (Lipinski definition) is 1. The van der Waals surface area contributed by atoms with Gasteiger partial charge in [0.25, 0.3) is 0 Å². The van der Waals surface area contributed by atoms with Crippen molar-refractivity contribution in [3.63, 3.8) is 0 Å². The number of methoxy groups -OCH3 is 1. The Bertz CT molecular complexity index is 494. The fourth-order valence-electron chi connectivity index (χ4n) is 3.23. The first-order valence-corrected chi connectivity index (χ1v) is 9.07. The van der Waals surface area contributed by atoms with Crippen molar-refractivity contribution >= 4 is 6.08 Å². The van der Waals surface area contributed by atoms with Crippen LogP contribution in [0.1, 0.15) is 32.3 Å². The second-order valence-corrected chi connectivity index (χ2v) is 6.57. The van der Waals surface area contributed by atoms with E-state index in [4.69, 9.17) is 9.47 Å². The molecule has 1 heterocycles. The summed E-state index contributed by atoms with van der Waals surface area (Å²) in [5.74, 6) is 0.919. The SMILES string of the molecule is COc1ccccc1/C=C/CNCCCCN1CC(C)OC(C)C1. The maximum absolute atomic E-state index is 5.77.